The van der Waals surface area contributed by atoms with E-state index in [0.29, 0.717) is 12.2 Å². The molecule has 1 aromatic carbocycles. The lowest BCUT2D eigenvalue weighted by Gasteiger charge is -2.30. The number of carbonyl (C=O) groups excluding carboxylic acids is 1. The molecule has 0 amide bonds. The van der Waals surface area contributed by atoms with Crippen molar-refractivity contribution in [2.24, 2.45) is 0 Å². The summed E-state index contributed by atoms with van der Waals surface area (Å²) in [7, 11) is 4.62. The van der Waals surface area contributed by atoms with Crippen LogP contribution in [-0.2, 0) is 16.1 Å². The van der Waals surface area contributed by atoms with Gasteiger partial charge in [-0.05, 0) is 26.2 Å². The number of carbonyl (C=O) groups is 1. The minimum Gasteiger partial charge on any atom is -0.462 e. The molecule has 3 heteroatoms. The highest BCUT2D eigenvalue weighted by atomic mass is 16.5. The molecule has 0 N–H and O–H groups in total. The van der Waals surface area contributed by atoms with E-state index in [9.17, 15) is 4.79 Å². The van der Waals surface area contributed by atoms with Gasteiger partial charge in [0.2, 0.25) is 0 Å². The van der Waals surface area contributed by atoms with Crippen molar-refractivity contribution in [3.05, 3.63) is 48.0 Å². The van der Waals surface area contributed by atoms with Crippen LogP contribution in [0.15, 0.2) is 42.5 Å². The van der Waals surface area contributed by atoms with E-state index >= 15 is 0 Å². The predicted molar refractivity (Wildman–Crippen MR) is 101 cm³/mol. The quantitative estimate of drug-likeness (QED) is 0.239. The summed E-state index contributed by atoms with van der Waals surface area (Å²) < 4.78 is 6.13. The van der Waals surface area contributed by atoms with Crippen LogP contribution in [-0.4, -0.2) is 37.7 Å². The number of benzene rings is 1. The fourth-order valence-corrected chi connectivity index (χ4v) is 2.79. The van der Waals surface area contributed by atoms with E-state index in [0.717, 1.165) is 23.9 Å². The lowest BCUT2D eigenvalue weighted by atomic mass is 10.1. The van der Waals surface area contributed by atoms with Crippen LogP contribution < -0.4 is 0 Å². The van der Waals surface area contributed by atoms with Crippen LogP contribution in [0.25, 0.3) is 0 Å². The maximum atomic E-state index is 11.2. The van der Waals surface area contributed by atoms with Gasteiger partial charge in [0.15, 0.2) is 0 Å². The molecule has 0 atom stereocenters. The van der Waals surface area contributed by atoms with Crippen molar-refractivity contribution in [1.82, 2.24) is 0 Å². The molecule has 24 heavy (non-hydrogen) atoms. The minimum atomic E-state index is -0.270. The Morgan fingerprint density at radius 1 is 1.00 bits per heavy atom. The maximum absolute atomic E-state index is 11.2. The van der Waals surface area contributed by atoms with Crippen LogP contribution in [0.3, 0.4) is 0 Å². The van der Waals surface area contributed by atoms with E-state index in [1.165, 1.54) is 37.8 Å². The Hall–Kier alpha value is -1.61. The summed E-state index contributed by atoms with van der Waals surface area (Å²) in [5, 5.41) is 0. The normalized spacial score (nSPS) is 11.3. The van der Waals surface area contributed by atoms with Gasteiger partial charge in [-0.2, -0.15) is 0 Å². The molecule has 0 radical (unpaired) electrons. The van der Waals surface area contributed by atoms with Crippen molar-refractivity contribution >= 4 is 5.97 Å². The van der Waals surface area contributed by atoms with Crippen molar-refractivity contribution in [3.63, 3.8) is 0 Å². The number of hydrogen-bond donors (Lipinski definition) is 0. The van der Waals surface area contributed by atoms with Gasteiger partial charge < -0.3 is 9.22 Å². The minimum absolute atomic E-state index is 0.270. The third kappa shape index (κ3) is 9.51. The Morgan fingerprint density at radius 3 is 2.21 bits per heavy atom. The highest BCUT2D eigenvalue weighted by Gasteiger charge is 2.14. The number of hydrogen-bond acceptors (Lipinski definition) is 2. The molecule has 0 heterocycles. The molecule has 0 aliphatic carbocycles. The zero-order valence-electron chi connectivity index (χ0n) is 15.7. The molecule has 1 rings (SSSR count). The molecule has 134 valence electrons. The Bertz CT molecular complexity index is 494. The van der Waals surface area contributed by atoms with Gasteiger partial charge in [-0.3, -0.25) is 0 Å². The smallest absolute Gasteiger partial charge is 0.333 e. The Kier molecular flexibility index (Phi) is 9.39. The van der Waals surface area contributed by atoms with Crippen molar-refractivity contribution in [1.29, 1.82) is 0 Å². The van der Waals surface area contributed by atoms with E-state index in [-0.39, 0.29) is 5.97 Å². The molecular formula is C21H34NO2+. The molecule has 0 spiro atoms. The second kappa shape index (κ2) is 11.0. The lowest BCUT2D eigenvalue weighted by molar-refractivity contribution is -0.903. The molecule has 0 aliphatic heterocycles. The number of quaternary nitrogens is 1. The van der Waals surface area contributed by atoms with Crippen LogP contribution in [0.4, 0.5) is 0 Å². The molecule has 0 unspecified atom stereocenters. The van der Waals surface area contributed by atoms with Gasteiger partial charge in [0.1, 0.15) is 6.54 Å². The number of ether oxygens (including phenoxy) is 1. The molecule has 1 aromatic rings. The topological polar surface area (TPSA) is 26.3 Å². The lowest BCUT2D eigenvalue weighted by Crippen LogP contribution is -2.39. The fraction of sp³-hybridized carbons (Fsp3) is 0.571. The number of unbranched alkanes of at least 4 members (excludes halogenated alkanes) is 5. The first kappa shape index (κ1) is 20.4. The molecule has 0 fully saturated rings. The van der Waals surface area contributed by atoms with Gasteiger partial charge in [-0.1, -0.05) is 56.2 Å². The first-order chi connectivity index (χ1) is 11.4. The first-order valence-electron chi connectivity index (χ1n) is 9.09. The van der Waals surface area contributed by atoms with Gasteiger partial charge >= 0.3 is 5.97 Å². The van der Waals surface area contributed by atoms with Crippen molar-refractivity contribution in [3.8, 4) is 0 Å². The van der Waals surface area contributed by atoms with Gasteiger partial charge in [0, 0.05) is 11.1 Å². The highest BCUT2D eigenvalue weighted by molar-refractivity contribution is 5.86. The maximum Gasteiger partial charge on any atom is 0.333 e. The third-order valence-corrected chi connectivity index (χ3v) is 4.19. The molecule has 0 saturated heterocycles. The van der Waals surface area contributed by atoms with E-state index in [1.807, 2.05) is 0 Å². The van der Waals surface area contributed by atoms with Gasteiger partial charge in [0.05, 0.1) is 27.2 Å². The average molecular weight is 333 g/mol. The van der Waals surface area contributed by atoms with Gasteiger partial charge in [-0.25, -0.2) is 4.79 Å². The molecule has 0 aromatic heterocycles. The summed E-state index contributed by atoms with van der Waals surface area (Å²) in [4.78, 5) is 11.2. The Labute approximate surface area is 147 Å². The van der Waals surface area contributed by atoms with E-state index < -0.39 is 0 Å². The number of esters is 1. The number of rotatable bonds is 12. The zero-order chi connectivity index (χ0) is 17.8. The standard InChI is InChI=1S/C21H34NO2/c1-19(2)21(23)24-17-13-8-6-5-7-12-16-22(3,4)18-20-14-10-9-11-15-20/h9-11,14-15H,1,5-8,12-13,16-18H2,2-4H3/q+1. The van der Waals surface area contributed by atoms with Crippen molar-refractivity contribution in [2.75, 3.05) is 27.2 Å². The molecule has 0 aliphatic rings. The largest absolute Gasteiger partial charge is 0.462 e. The van der Waals surface area contributed by atoms with Gasteiger partial charge in [0.25, 0.3) is 0 Å². The van der Waals surface area contributed by atoms with Gasteiger partial charge in [-0.15, -0.1) is 0 Å². The summed E-state index contributed by atoms with van der Waals surface area (Å²) in [5.74, 6) is -0.270. The second-order valence-electron chi connectivity index (χ2n) is 7.34. The van der Waals surface area contributed by atoms with Crippen LogP contribution >= 0.6 is 0 Å². The van der Waals surface area contributed by atoms with Crippen molar-refractivity contribution < 1.29 is 14.0 Å². The second-order valence-corrected chi connectivity index (χ2v) is 7.34. The summed E-state index contributed by atoms with van der Waals surface area (Å²) in [6.07, 6.45) is 7.11. The Morgan fingerprint density at radius 2 is 1.58 bits per heavy atom. The van der Waals surface area contributed by atoms with E-state index in [2.05, 4.69) is 51.0 Å². The third-order valence-electron chi connectivity index (χ3n) is 4.19. The summed E-state index contributed by atoms with van der Waals surface area (Å²) in [5.41, 5.74) is 1.89. The Balaban J connectivity index is 2.01. The summed E-state index contributed by atoms with van der Waals surface area (Å²) in [6.45, 7) is 8.08. The van der Waals surface area contributed by atoms with E-state index in [1.54, 1.807) is 6.92 Å². The molecule has 3 nitrogen and oxygen atoms in total. The van der Waals surface area contributed by atoms with Crippen LogP contribution in [0.2, 0.25) is 0 Å². The fourth-order valence-electron chi connectivity index (χ4n) is 2.79. The highest BCUT2D eigenvalue weighted by Crippen LogP contribution is 2.12. The van der Waals surface area contributed by atoms with E-state index in [4.69, 9.17) is 4.74 Å². The molecular weight excluding hydrogens is 298 g/mol. The van der Waals surface area contributed by atoms with Crippen LogP contribution in [0.5, 0.6) is 0 Å². The monoisotopic (exact) mass is 332 g/mol. The summed E-state index contributed by atoms with van der Waals surface area (Å²) >= 11 is 0. The SMILES string of the molecule is C=C(C)C(=O)OCCCCCCCC[N+](C)(C)Cc1ccccc1. The molecule has 0 bridgehead atoms. The number of nitrogens with zero attached hydrogens (tertiary/aromatic N) is 1. The zero-order valence-corrected chi connectivity index (χ0v) is 15.7. The van der Waals surface area contributed by atoms with Crippen LogP contribution in [0, 0.1) is 0 Å². The summed E-state index contributed by atoms with van der Waals surface area (Å²) in [6, 6.07) is 10.7. The van der Waals surface area contributed by atoms with Crippen LogP contribution in [0.1, 0.15) is 51.0 Å². The predicted octanol–water partition coefficient (Wildman–Crippen LogP) is 4.72. The van der Waals surface area contributed by atoms with Crippen molar-refractivity contribution in [2.45, 2.75) is 52.0 Å². The molecule has 0 saturated carbocycles. The first-order valence-corrected chi connectivity index (χ1v) is 9.09. The average Bonchev–Trinajstić information content (AvgIpc) is 2.53.